The van der Waals surface area contributed by atoms with Crippen molar-refractivity contribution in [3.05, 3.63) is 48.3 Å². The van der Waals surface area contributed by atoms with E-state index in [1.807, 2.05) is 19.2 Å². The van der Waals surface area contributed by atoms with Crippen LogP contribution in [-0.4, -0.2) is 33.8 Å². The number of halogens is 3. The first kappa shape index (κ1) is 17.3. The Kier molecular flexibility index (Phi) is 5.62. The third-order valence-electron chi connectivity index (χ3n) is 3.18. The number of ether oxygens (including phenoxy) is 1. The lowest BCUT2D eigenvalue weighted by Crippen LogP contribution is -2.33. The molecule has 0 amide bonds. The number of hydrogen-bond acceptors (Lipinski definition) is 4. The summed E-state index contributed by atoms with van der Waals surface area (Å²) < 4.78 is 41.8. The number of nitrogens with zero attached hydrogens (tertiary/aromatic N) is 2. The molecule has 126 valence electrons. The largest absolute Gasteiger partial charge is 0.573 e. The lowest BCUT2D eigenvalue weighted by Gasteiger charge is -2.18. The van der Waals surface area contributed by atoms with Crippen LogP contribution < -0.4 is 10.1 Å². The maximum absolute atomic E-state index is 12.1. The highest BCUT2D eigenvalue weighted by Gasteiger charge is 2.31. The quantitative estimate of drug-likeness (QED) is 0.819. The van der Waals surface area contributed by atoms with Crippen molar-refractivity contribution in [3.8, 4) is 5.75 Å². The molecule has 0 radical (unpaired) electrons. The summed E-state index contributed by atoms with van der Waals surface area (Å²) >= 11 is 0. The summed E-state index contributed by atoms with van der Waals surface area (Å²) in [5.74, 6) is -0.312. The molecule has 0 bridgehead atoms. The predicted molar refractivity (Wildman–Crippen MR) is 77.8 cm³/mol. The minimum Gasteiger partial charge on any atom is -0.406 e. The standard InChI is InChI=1S/C15H18F3N3O2/c1-11(10-21-8-2-7-20-21)19-9-14(22)12-3-5-13(6-4-12)23-15(16,17)18/h2-8,11,14,19,22H,9-10H2,1H3/t11-,14+/m0/s1. The van der Waals surface area contributed by atoms with Crippen molar-refractivity contribution in [3.63, 3.8) is 0 Å². The Morgan fingerprint density at radius 1 is 1.30 bits per heavy atom. The minimum atomic E-state index is -4.72. The Labute approximate surface area is 131 Å². The van der Waals surface area contributed by atoms with Gasteiger partial charge in [-0.1, -0.05) is 12.1 Å². The van der Waals surface area contributed by atoms with Gasteiger partial charge in [-0.15, -0.1) is 13.2 Å². The average Bonchev–Trinajstić information content (AvgIpc) is 2.97. The highest BCUT2D eigenvalue weighted by molar-refractivity contribution is 5.28. The molecule has 0 aliphatic rings. The predicted octanol–water partition coefficient (Wildman–Crippen LogP) is 2.49. The fourth-order valence-corrected chi connectivity index (χ4v) is 2.08. The van der Waals surface area contributed by atoms with E-state index in [1.54, 1.807) is 10.9 Å². The first-order chi connectivity index (χ1) is 10.8. The van der Waals surface area contributed by atoms with Crippen molar-refractivity contribution < 1.29 is 23.0 Å². The van der Waals surface area contributed by atoms with Crippen LogP contribution in [0.25, 0.3) is 0 Å². The summed E-state index contributed by atoms with van der Waals surface area (Å²) in [4.78, 5) is 0. The monoisotopic (exact) mass is 329 g/mol. The number of nitrogens with one attached hydrogen (secondary N) is 1. The van der Waals surface area contributed by atoms with Gasteiger partial charge in [0, 0.05) is 25.0 Å². The van der Waals surface area contributed by atoms with E-state index in [0.717, 1.165) is 0 Å². The van der Waals surface area contributed by atoms with E-state index in [0.29, 0.717) is 12.1 Å². The summed E-state index contributed by atoms with van der Waals surface area (Å²) in [6.45, 7) is 2.88. The second kappa shape index (κ2) is 7.47. The Bertz CT molecular complexity index is 585. The molecule has 23 heavy (non-hydrogen) atoms. The van der Waals surface area contributed by atoms with E-state index >= 15 is 0 Å². The van der Waals surface area contributed by atoms with Crippen molar-refractivity contribution >= 4 is 0 Å². The maximum Gasteiger partial charge on any atom is 0.573 e. The van der Waals surface area contributed by atoms with Crippen LogP contribution in [0.3, 0.4) is 0 Å². The number of aliphatic hydroxyl groups excluding tert-OH is 1. The smallest absolute Gasteiger partial charge is 0.406 e. The van der Waals surface area contributed by atoms with Gasteiger partial charge in [0.1, 0.15) is 5.75 Å². The Hall–Kier alpha value is -2.06. The van der Waals surface area contributed by atoms with Gasteiger partial charge >= 0.3 is 6.36 Å². The van der Waals surface area contributed by atoms with Crippen LogP contribution in [0.4, 0.5) is 13.2 Å². The van der Waals surface area contributed by atoms with Crippen LogP contribution in [0, 0.1) is 0 Å². The number of aromatic nitrogens is 2. The molecule has 2 rings (SSSR count). The van der Waals surface area contributed by atoms with E-state index in [-0.39, 0.29) is 18.3 Å². The molecule has 2 N–H and O–H groups in total. The normalized spacial score (nSPS) is 14.5. The van der Waals surface area contributed by atoms with Gasteiger partial charge in [-0.05, 0) is 30.7 Å². The van der Waals surface area contributed by atoms with E-state index in [1.165, 1.54) is 24.3 Å². The van der Waals surface area contributed by atoms with Gasteiger partial charge in [0.05, 0.1) is 12.6 Å². The van der Waals surface area contributed by atoms with Gasteiger partial charge in [-0.3, -0.25) is 4.68 Å². The maximum atomic E-state index is 12.1. The van der Waals surface area contributed by atoms with Gasteiger partial charge in [0.2, 0.25) is 0 Å². The lowest BCUT2D eigenvalue weighted by molar-refractivity contribution is -0.274. The molecule has 5 nitrogen and oxygen atoms in total. The molecular weight excluding hydrogens is 311 g/mol. The van der Waals surface area contributed by atoms with Gasteiger partial charge < -0.3 is 15.2 Å². The summed E-state index contributed by atoms with van der Waals surface area (Å²) in [6, 6.07) is 7.08. The number of benzene rings is 1. The molecule has 0 aliphatic carbocycles. The zero-order valence-electron chi connectivity index (χ0n) is 12.5. The number of rotatable bonds is 7. The molecule has 2 aromatic rings. The van der Waals surface area contributed by atoms with Crippen LogP contribution in [-0.2, 0) is 6.54 Å². The van der Waals surface area contributed by atoms with Crippen LogP contribution in [0.2, 0.25) is 0 Å². The van der Waals surface area contributed by atoms with Crippen molar-refractivity contribution in [2.75, 3.05) is 6.54 Å². The van der Waals surface area contributed by atoms with Crippen molar-refractivity contribution in [2.24, 2.45) is 0 Å². The van der Waals surface area contributed by atoms with Gasteiger partial charge in [0.15, 0.2) is 0 Å². The van der Waals surface area contributed by atoms with Crippen LogP contribution in [0.5, 0.6) is 5.75 Å². The molecule has 0 unspecified atom stereocenters. The van der Waals surface area contributed by atoms with Crippen molar-refractivity contribution in [1.29, 1.82) is 0 Å². The topological polar surface area (TPSA) is 59.3 Å². The van der Waals surface area contributed by atoms with Crippen LogP contribution in [0.1, 0.15) is 18.6 Å². The van der Waals surface area contributed by atoms with Crippen molar-refractivity contribution in [1.82, 2.24) is 15.1 Å². The molecule has 0 spiro atoms. The molecule has 1 heterocycles. The molecule has 1 aromatic heterocycles. The summed E-state index contributed by atoms with van der Waals surface area (Å²) in [5.41, 5.74) is 0.512. The summed E-state index contributed by atoms with van der Waals surface area (Å²) in [5, 5.41) is 17.3. The molecule has 0 fully saturated rings. The van der Waals surface area contributed by atoms with E-state index in [4.69, 9.17) is 0 Å². The van der Waals surface area contributed by atoms with Gasteiger partial charge in [-0.25, -0.2) is 0 Å². The van der Waals surface area contributed by atoms with Crippen LogP contribution >= 0.6 is 0 Å². The number of alkyl halides is 3. The highest BCUT2D eigenvalue weighted by Crippen LogP contribution is 2.24. The third kappa shape index (κ3) is 5.91. The molecular formula is C15H18F3N3O2. The van der Waals surface area contributed by atoms with E-state index in [2.05, 4.69) is 15.2 Å². The van der Waals surface area contributed by atoms with Gasteiger partial charge in [-0.2, -0.15) is 5.10 Å². The summed E-state index contributed by atoms with van der Waals surface area (Å²) in [7, 11) is 0. The van der Waals surface area contributed by atoms with Crippen LogP contribution in [0.15, 0.2) is 42.7 Å². The molecule has 0 saturated heterocycles. The van der Waals surface area contributed by atoms with Crippen molar-refractivity contribution in [2.45, 2.75) is 32.0 Å². The third-order valence-corrected chi connectivity index (χ3v) is 3.18. The minimum absolute atomic E-state index is 0.0809. The zero-order chi connectivity index (χ0) is 16.9. The zero-order valence-corrected chi connectivity index (χ0v) is 12.5. The molecule has 8 heteroatoms. The second-order valence-electron chi connectivity index (χ2n) is 5.17. The first-order valence-corrected chi connectivity index (χ1v) is 7.08. The highest BCUT2D eigenvalue weighted by atomic mass is 19.4. The molecule has 0 saturated carbocycles. The van der Waals surface area contributed by atoms with E-state index in [9.17, 15) is 18.3 Å². The molecule has 2 atom stereocenters. The Balaban J connectivity index is 1.82. The second-order valence-corrected chi connectivity index (χ2v) is 5.17. The number of hydrogen-bond donors (Lipinski definition) is 2. The van der Waals surface area contributed by atoms with E-state index < -0.39 is 12.5 Å². The average molecular weight is 329 g/mol. The fourth-order valence-electron chi connectivity index (χ4n) is 2.08. The molecule has 0 aliphatic heterocycles. The lowest BCUT2D eigenvalue weighted by atomic mass is 10.1. The number of aliphatic hydroxyl groups is 1. The first-order valence-electron chi connectivity index (χ1n) is 7.08. The molecule has 1 aromatic carbocycles. The summed E-state index contributed by atoms with van der Waals surface area (Å²) in [6.07, 6.45) is -2.01. The Morgan fingerprint density at radius 3 is 2.57 bits per heavy atom. The Morgan fingerprint density at radius 2 is 2.00 bits per heavy atom. The SMILES string of the molecule is C[C@@H](Cn1cccn1)NC[C@@H](O)c1ccc(OC(F)(F)F)cc1. The van der Waals surface area contributed by atoms with Gasteiger partial charge in [0.25, 0.3) is 0 Å². The fraction of sp³-hybridized carbons (Fsp3) is 0.400.